The molecule has 0 radical (unpaired) electrons. The van der Waals surface area contributed by atoms with E-state index >= 15 is 0 Å². The summed E-state index contributed by atoms with van der Waals surface area (Å²) in [4.78, 5) is 0.396. The molecule has 1 atom stereocenters. The second-order valence-electron chi connectivity index (χ2n) is 4.29. The van der Waals surface area contributed by atoms with Crippen molar-refractivity contribution in [3.63, 3.8) is 0 Å². The standard InChI is InChI=1S/C12H18BrNO2S/c1-9-5-6-10(2)12(7-9)17(15,16)14(4)11(3)8-13/h5-7,11H,8H2,1-4H3. The highest BCUT2D eigenvalue weighted by Crippen LogP contribution is 2.22. The van der Waals surface area contributed by atoms with Crippen molar-refractivity contribution in [2.45, 2.75) is 31.7 Å². The Bertz CT molecular complexity index is 499. The molecule has 0 saturated heterocycles. The molecule has 1 rings (SSSR count). The Morgan fingerprint density at radius 3 is 2.47 bits per heavy atom. The summed E-state index contributed by atoms with van der Waals surface area (Å²) in [5.74, 6) is 0. The second kappa shape index (κ2) is 5.50. The van der Waals surface area contributed by atoms with Crippen LogP contribution in [0.3, 0.4) is 0 Å². The van der Waals surface area contributed by atoms with E-state index in [1.54, 1.807) is 13.1 Å². The quantitative estimate of drug-likeness (QED) is 0.800. The van der Waals surface area contributed by atoms with Crippen molar-refractivity contribution in [1.29, 1.82) is 0 Å². The third kappa shape index (κ3) is 3.09. The predicted octanol–water partition coefficient (Wildman–Crippen LogP) is 2.71. The minimum atomic E-state index is -3.40. The fourth-order valence-electron chi connectivity index (χ4n) is 1.47. The molecule has 0 aromatic heterocycles. The van der Waals surface area contributed by atoms with Gasteiger partial charge in [-0.3, -0.25) is 0 Å². The van der Waals surface area contributed by atoms with Gasteiger partial charge in [0, 0.05) is 18.4 Å². The average molecular weight is 320 g/mol. The average Bonchev–Trinajstić information content (AvgIpc) is 2.30. The Hall–Kier alpha value is -0.390. The van der Waals surface area contributed by atoms with E-state index in [9.17, 15) is 8.42 Å². The Balaban J connectivity index is 3.26. The molecule has 0 bridgehead atoms. The van der Waals surface area contributed by atoms with Crippen LogP contribution < -0.4 is 0 Å². The molecule has 0 aliphatic carbocycles. The van der Waals surface area contributed by atoms with Crippen molar-refractivity contribution >= 4 is 26.0 Å². The van der Waals surface area contributed by atoms with Crippen LogP contribution in [0, 0.1) is 13.8 Å². The molecule has 0 saturated carbocycles. The van der Waals surface area contributed by atoms with Crippen molar-refractivity contribution in [2.75, 3.05) is 12.4 Å². The van der Waals surface area contributed by atoms with Crippen molar-refractivity contribution < 1.29 is 8.42 Å². The summed E-state index contributed by atoms with van der Waals surface area (Å²) in [6.45, 7) is 5.59. The zero-order valence-corrected chi connectivity index (χ0v) is 13.0. The van der Waals surface area contributed by atoms with E-state index in [0.717, 1.165) is 11.1 Å². The smallest absolute Gasteiger partial charge is 0.207 e. The van der Waals surface area contributed by atoms with Crippen LogP contribution in [0.5, 0.6) is 0 Å². The van der Waals surface area contributed by atoms with E-state index in [0.29, 0.717) is 10.2 Å². The summed E-state index contributed by atoms with van der Waals surface area (Å²) >= 11 is 3.31. The summed E-state index contributed by atoms with van der Waals surface area (Å²) in [6.07, 6.45) is 0. The minimum absolute atomic E-state index is 0.0695. The summed E-state index contributed by atoms with van der Waals surface area (Å²) in [7, 11) is -1.79. The molecule has 5 heteroatoms. The molecule has 1 aromatic carbocycles. The number of benzene rings is 1. The van der Waals surface area contributed by atoms with Crippen LogP contribution in [0.15, 0.2) is 23.1 Å². The topological polar surface area (TPSA) is 37.4 Å². The van der Waals surface area contributed by atoms with Gasteiger partial charge < -0.3 is 0 Å². The van der Waals surface area contributed by atoms with Gasteiger partial charge in [-0.05, 0) is 38.0 Å². The highest BCUT2D eigenvalue weighted by molar-refractivity contribution is 9.09. The Kier molecular flexibility index (Phi) is 4.75. The van der Waals surface area contributed by atoms with Gasteiger partial charge in [0.25, 0.3) is 0 Å². The molecule has 3 nitrogen and oxygen atoms in total. The third-order valence-corrected chi connectivity index (χ3v) is 5.90. The van der Waals surface area contributed by atoms with Crippen molar-refractivity contribution in [2.24, 2.45) is 0 Å². The van der Waals surface area contributed by atoms with Gasteiger partial charge in [-0.15, -0.1) is 0 Å². The van der Waals surface area contributed by atoms with Gasteiger partial charge in [0.05, 0.1) is 4.90 Å². The molecule has 17 heavy (non-hydrogen) atoms. The van der Waals surface area contributed by atoms with Crippen LogP contribution in [0.1, 0.15) is 18.1 Å². The van der Waals surface area contributed by atoms with Gasteiger partial charge in [-0.1, -0.05) is 28.1 Å². The highest BCUT2D eigenvalue weighted by atomic mass is 79.9. The molecule has 0 fully saturated rings. The van der Waals surface area contributed by atoms with Gasteiger partial charge in [0.1, 0.15) is 0 Å². The van der Waals surface area contributed by atoms with Crippen LogP contribution in [0.25, 0.3) is 0 Å². The maximum Gasteiger partial charge on any atom is 0.243 e. The molecule has 0 heterocycles. The van der Waals surface area contributed by atoms with E-state index in [4.69, 9.17) is 0 Å². The first-order valence-corrected chi connectivity index (χ1v) is 7.98. The molecule has 96 valence electrons. The van der Waals surface area contributed by atoms with Crippen molar-refractivity contribution in [3.05, 3.63) is 29.3 Å². The normalized spacial score (nSPS) is 14.0. The molecule has 1 unspecified atom stereocenters. The number of hydrogen-bond donors (Lipinski definition) is 0. The maximum atomic E-state index is 12.4. The third-order valence-electron chi connectivity index (χ3n) is 2.84. The van der Waals surface area contributed by atoms with E-state index < -0.39 is 10.0 Å². The number of rotatable bonds is 4. The SMILES string of the molecule is Cc1ccc(C)c(S(=O)(=O)N(C)C(C)CBr)c1. The molecular weight excluding hydrogens is 302 g/mol. The summed E-state index contributed by atoms with van der Waals surface area (Å²) in [5.41, 5.74) is 1.73. The summed E-state index contributed by atoms with van der Waals surface area (Å²) < 4.78 is 26.2. The fourth-order valence-corrected chi connectivity index (χ4v) is 3.77. The molecule has 1 aromatic rings. The van der Waals surface area contributed by atoms with Crippen LogP contribution >= 0.6 is 15.9 Å². The fraction of sp³-hybridized carbons (Fsp3) is 0.500. The zero-order valence-electron chi connectivity index (χ0n) is 10.6. The first-order valence-electron chi connectivity index (χ1n) is 5.42. The summed E-state index contributed by atoms with van der Waals surface area (Å²) in [5, 5.41) is 0.619. The van der Waals surface area contributed by atoms with Gasteiger partial charge >= 0.3 is 0 Å². The summed E-state index contributed by atoms with van der Waals surface area (Å²) in [6, 6.07) is 5.42. The number of halogens is 1. The first kappa shape index (κ1) is 14.7. The van der Waals surface area contributed by atoms with Gasteiger partial charge in [0.15, 0.2) is 0 Å². The Labute approximate surface area is 112 Å². The molecule has 0 N–H and O–H groups in total. The number of sulfonamides is 1. The largest absolute Gasteiger partial charge is 0.243 e. The lowest BCUT2D eigenvalue weighted by molar-refractivity contribution is 0.416. The monoisotopic (exact) mass is 319 g/mol. The Morgan fingerprint density at radius 1 is 1.35 bits per heavy atom. The predicted molar refractivity (Wildman–Crippen MR) is 74.1 cm³/mol. The maximum absolute atomic E-state index is 12.4. The lowest BCUT2D eigenvalue weighted by Crippen LogP contribution is -2.36. The van der Waals surface area contributed by atoms with E-state index in [1.165, 1.54) is 4.31 Å². The zero-order chi connectivity index (χ0) is 13.2. The highest BCUT2D eigenvalue weighted by Gasteiger charge is 2.26. The molecule has 0 aliphatic rings. The van der Waals surface area contributed by atoms with Crippen LogP contribution in [-0.4, -0.2) is 31.1 Å². The van der Waals surface area contributed by atoms with Crippen LogP contribution in [0.4, 0.5) is 0 Å². The molecule has 0 amide bonds. The van der Waals surface area contributed by atoms with Gasteiger partial charge in [0.2, 0.25) is 10.0 Å². The lowest BCUT2D eigenvalue weighted by atomic mass is 10.2. The van der Waals surface area contributed by atoms with E-state index in [-0.39, 0.29) is 6.04 Å². The minimum Gasteiger partial charge on any atom is -0.207 e. The number of aryl methyl sites for hydroxylation is 2. The Morgan fingerprint density at radius 2 is 1.94 bits per heavy atom. The molecular formula is C12H18BrNO2S. The molecule has 0 aliphatic heterocycles. The van der Waals surface area contributed by atoms with Crippen LogP contribution in [-0.2, 0) is 10.0 Å². The van der Waals surface area contributed by atoms with Gasteiger partial charge in [-0.25, -0.2) is 8.42 Å². The van der Waals surface area contributed by atoms with E-state index in [2.05, 4.69) is 15.9 Å². The van der Waals surface area contributed by atoms with E-state index in [1.807, 2.05) is 32.9 Å². The number of hydrogen-bond acceptors (Lipinski definition) is 2. The first-order chi connectivity index (χ1) is 7.80. The van der Waals surface area contributed by atoms with Crippen molar-refractivity contribution in [1.82, 2.24) is 4.31 Å². The van der Waals surface area contributed by atoms with Crippen LogP contribution in [0.2, 0.25) is 0 Å². The lowest BCUT2D eigenvalue weighted by Gasteiger charge is -2.23. The number of nitrogens with zero attached hydrogens (tertiary/aromatic N) is 1. The second-order valence-corrected chi connectivity index (χ2v) is 6.91. The van der Waals surface area contributed by atoms with Gasteiger partial charge in [-0.2, -0.15) is 4.31 Å². The van der Waals surface area contributed by atoms with Crippen molar-refractivity contribution in [3.8, 4) is 0 Å². The number of alkyl halides is 1. The molecule has 0 spiro atoms.